The van der Waals surface area contributed by atoms with Crippen LogP contribution in [0.3, 0.4) is 0 Å². The van der Waals surface area contributed by atoms with Gasteiger partial charge in [0.15, 0.2) is 0 Å². The first-order valence-electron chi connectivity index (χ1n) is 7.21. The monoisotopic (exact) mass is 261 g/mol. The van der Waals surface area contributed by atoms with E-state index < -0.39 is 0 Å². The minimum atomic E-state index is 0.750. The Morgan fingerprint density at radius 3 is 2.63 bits per heavy atom. The Morgan fingerprint density at radius 2 is 1.95 bits per heavy atom. The molecule has 0 spiro atoms. The molecule has 4 heteroatoms. The Hall–Kier alpha value is -1.26. The van der Waals surface area contributed by atoms with Crippen molar-refractivity contribution in [1.29, 1.82) is 0 Å². The molecule has 0 radical (unpaired) electrons. The molecule has 2 aliphatic heterocycles. The van der Waals surface area contributed by atoms with E-state index >= 15 is 0 Å². The van der Waals surface area contributed by atoms with Crippen LogP contribution >= 0.6 is 0 Å². The van der Waals surface area contributed by atoms with E-state index in [1.807, 2.05) is 12.1 Å². The lowest BCUT2D eigenvalue weighted by Gasteiger charge is -2.39. The van der Waals surface area contributed by atoms with E-state index in [4.69, 9.17) is 4.74 Å². The molecule has 1 unspecified atom stereocenters. The van der Waals surface area contributed by atoms with Crippen molar-refractivity contribution in [2.45, 2.75) is 12.5 Å². The predicted molar refractivity (Wildman–Crippen MR) is 78.1 cm³/mol. The van der Waals surface area contributed by atoms with E-state index in [9.17, 15) is 0 Å². The van der Waals surface area contributed by atoms with Gasteiger partial charge in [-0.1, -0.05) is 12.1 Å². The molecule has 1 aromatic rings. The number of rotatable bonds is 3. The molecule has 0 saturated carbocycles. The zero-order valence-corrected chi connectivity index (χ0v) is 11.6. The number of hydrogen-bond acceptors (Lipinski definition) is 4. The highest BCUT2D eigenvalue weighted by molar-refractivity contribution is 5.58. The van der Waals surface area contributed by atoms with Crippen LogP contribution in [-0.4, -0.2) is 57.3 Å². The average Bonchev–Trinajstić information content (AvgIpc) is 3.02. The van der Waals surface area contributed by atoms with Gasteiger partial charge < -0.3 is 15.0 Å². The molecule has 0 bridgehead atoms. The number of nitrogens with one attached hydrogen (secondary N) is 1. The van der Waals surface area contributed by atoms with E-state index in [0.717, 1.165) is 44.5 Å². The number of anilines is 1. The summed E-state index contributed by atoms with van der Waals surface area (Å²) < 4.78 is 5.46. The normalized spacial score (nSPS) is 24.7. The summed E-state index contributed by atoms with van der Waals surface area (Å²) in [5.41, 5.74) is 1.23. The van der Waals surface area contributed by atoms with Gasteiger partial charge in [-0.15, -0.1) is 0 Å². The van der Waals surface area contributed by atoms with Crippen molar-refractivity contribution < 1.29 is 4.74 Å². The van der Waals surface area contributed by atoms with Gasteiger partial charge in [-0.25, -0.2) is 0 Å². The average molecular weight is 261 g/mol. The lowest BCUT2D eigenvalue weighted by atomic mass is 10.1. The number of benzene rings is 1. The molecule has 104 valence electrons. The topological polar surface area (TPSA) is 27.7 Å². The summed E-state index contributed by atoms with van der Waals surface area (Å²) in [7, 11) is 1.75. The Kier molecular flexibility index (Phi) is 3.89. The van der Waals surface area contributed by atoms with Crippen molar-refractivity contribution in [3.05, 3.63) is 24.3 Å². The Bertz CT molecular complexity index is 410. The van der Waals surface area contributed by atoms with E-state index in [-0.39, 0.29) is 0 Å². The Balaban J connectivity index is 1.63. The minimum Gasteiger partial charge on any atom is -0.495 e. The number of ether oxygens (including phenoxy) is 1. The highest BCUT2D eigenvalue weighted by Gasteiger charge is 2.26. The van der Waals surface area contributed by atoms with Gasteiger partial charge in [0, 0.05) is 38.8 Å². The number of para-hydroxylation sites is 2. The van der Waals surface area contributed by atoms with Gasteiger partial charge in [0.25, 0.3) is 0 Å². The molecule has 0 aliphatic carbocycles. The number of hydrogen-bond donors (Lipinski definition) is 1. The van der Waals surface area contributed by atoms with Crippen LogP contribution in [-0.2, 0) is 0 Å². The molecule has 2 aliphatic rings. The smallest absolute Gasteiger partial charge is 0.142 e. The lowest BCUT2D eigenvalue weighted by molar-refractivity contribution is 0.196. The molecule has 4 nitrogen and oxygen atoms in total. The van der Waals surface area contributed by atoms with Crippen molar-refractivity contribution >= 4 is 5.69 Å². The van der Waals surface area contributed by atoms with Crippen molar-refractivity contribution in [3.63, 3.8) is 0 Å². The van der Waals surface area contributed by atoms with Crippen LogP contribution in [0.1, 0.15) is 6.42 Å². The van der Waals surface area contributed by atoms with Crippen LogP contribution in [0.25, 0.3) is 0 Å². The fraction of sp³-hybridized carbons (Fsp3) is 0.600. The first kappa shape index (κ1) is 12.8. The SMILES string of the molecule is COc1ccccc1N1CCN(C2CCNC2)CC1. The summed E-state index contributed by atoms with van der Waals surface area (Å²) in [5, 5.41) is 3.46. The van der Waals surface area contributed by atoms with Gasteiger partial charge in [0.1, 0.15) is 5.75 Å². The maximum atomic E-state index is 5.46. The quantitative estimate of drug-likeness (QED) is 0.884. The number of nitrogens with zero attached hydrogens (tertiary/aromatic N) is 2. The van der Waals surface area contributed by atoms with Gasteiger partial charge in [-0.2, -0.15) is 0 Å². The Labute approximate surface area is 115 Å². The molecule has 19 heavy (non-hydrogen) atoms. The first-order valence-corrected chi connectivity index (χ1v) is 7.21. The maximum Gasteiger partial charge on any atom is 0.142 e. The predicted octanol–water partition coefficient (Wildman–Crippen LogP) is 1.18. The van der Waals surface area contributed by atoms with Crippen molar-refractivity contribution in [2.24, 2.45) is 0 Å². The summed E-state index contributed by atoms with van der Waals surface area (Å²) in [5.74, 6) is 0.985. The summed E-state index contributed by atoms with van der Waals surface area (Å²) >= 11 is 0. The molecule has 2 saturated heterocycles. The Morgan fingerprint density at radius 1 is 1.16 bits per heavy atom. The zero-order chi connectivity index (χ0) is 13.1. The zero-order valence-electron chi connectivity index (χ0n) is 11.6. The highest BCUT2D eigenvalue weighted by atomic mass is 16.5. The molecule has 0 aromatic heterocycles. The van der Waals surface area contributed by atoms with Crippen molar-refractivity contribution in [2.75, 3.05) is 51.3 Å². The van der Waals surface area contributed by atoms with Crippen LogP contribution in [0.15, 0.2) is 24.3 Å². The summed E-state index contributed by atoms with van der Waals surface area (Å²) in [6.45, 7) is 6.84. The van der Waals surface area contributed by atoms with E-state index in [0.29, 0.717) is 0 Å². The lowest BCUT2D eigenvalue weighted by Crippen LogP contribution is -2.51. The standard InChI is InChI=1S/C15H23N3O/c1-19-15-5-3-2-4-14(15)18-10-8-17(9-11-18)13-6-7-16-12-13/h2-5,13,16H,6-12H2,1H3. The van der Waals surface area contributed by atoms with Gasteiger partial charge in [-0.3, -0.25) is 4.90 Å². The second-order valence-corrected chi connectivity index (χ2v) is 5.34. The molecule has 0 amide bonds. The molecular weight excluding hydrogens is 238 g/mol. The summed E-state index contributed by atoms with van der Waals surface area (Å²) in [4.78, 5) is 5.07. The molecule has 1 aromatic carbocycles. The van der Waals surface area contributed by atoms with Crippen molar-refractivity contribution in [3.8, 4) is 5.75 Å². The fourth-order valence-corrected chi connectivity index (χ4v) is 3.17. The van der Waals surface area contributed by atoms with E-state index in [1.165, 1.54) is 18.7 Å². The minimum absolute atomic E-state index is 0.750. The van der Waals surface area contributed by atoms with Gasteiger partial charge in [0.05, 0.1) is 12.8 Å². The third kappa shape index (κ3) is 2.69. The van der Waals surface area contributed by atoms with E-state index in [2.05, 4.69) is 27.2 Å². The van der Waals surface area contributed by atoms with Gasteiger partial charge >= 0.3 is 0 Å². The molecule has 1 atom stereocenters. The molecular formula is C15H23N3O. The molecule has 2 heterocycles. The van der Waals surface area contributed by atoms with Crippen molar-refractivity contribution in [1.82, 2.24) is 10.2 Å². The first-order chi connectivity index (χ1) is 9.38. The molecule has 2 fully saturated rings. The second-order valence-electron chi connectivity index (χ2n) is 5.34. The maximum absolute atomic E-state index is 5.46. The van der Waals surface area contributed by atoms with Gasteiger partial charge in [0.2, 0.25) is 0 Å². The third-order valence-electron chi connectivity index (χ3n) is 4.29. The van der Waals surface area contributed by atoms with Gasteiger partial charge in [-0.05, 0) is 25.1 Å². The summed E-state index contributed by atoms with van der Waals surface area (Å²) in [6.07, 6.45) is 1.30. The number of methoxy groups -OCH3 is 1. The van der Waals surface area contributed by atoms with E-state index in [1.54, 1.807) is 7.11 Å². The molecule has 1 N–H and O–H groups in total. The number of piperazine rings is 1. The van der Waals surface area contributed by atoms with Crippen LogP contribution in [0.4, 0.5) is 5.69 Å². The molecule has 3 rings (SSSR count). The second kappa shape index (κ2) is 5.80. The largest absolute Gasteiger partial charge is 0.495 e. The van der Waals surface area contributed by atoms with Crippen LogP contribution < -0.4 is 15.0 Å². The van der Waals surface area contributed by atoms with Crippen LogP contribution in [0.2, 0.25) is 0 Å². The van der Waals surface area contributed by atoms with Crippen LogP contribution in [0, 0.1) is 0 Å². The fourth-order valence-electron chi connectivity index (χ4n) is 3.17. The highest BCUT2D eigenvalue weighted by Crippen LogP contribution is 2.28. The summed E-state index contributed by atoms with van der Waals surface area (Å²) in [6, 6.07) is 9.07. The third-order valence-corrected chi connectivity index (χ3v) is 4.29. The van der Waals surface area contributed by atoms with Crippen LogP contribution in [0.5, 0.6) is 5.75 Å².